The molecule has 5 rings (SSSR count). The Morgan fingerprint density at radius 1 is 1.17 bits per heavy atom. The first kappa shape index (κ1) is 27.7. The number of nitrogens with one attached hydrogen (secondary N) is 1. The zero-order valence-corrected chi connectivity index (χ0v) is 22.2. The van der Waals surface area contributed by atoms with Crippen LogP contribution in [0.5, 0.6) is 5.75 Å². The van der Waals surface area contributed by atoms with Crippen molar-refractivity contribution >= 4 is 47.4 Å². The van der Waals surface area contributed by atoms with Gasteiger partial charge in [0.2, 0.25) is 0 Å². The van der Waals surface area contributed by atoms with Crippen molar-refractivity contribution in [1.29, 1.82) is 0 Å². The molecule has 0 aromatic carbocycles. The lowest BCUT2D eigenvalue weighted by Gasteiger charge is -2.32. The predicted molar refractivity (Wildman–Crippen MR) is 145 cm³/mol. The second kappa shape index (κ2) is 12.4. The largest absolute Gasteiger partial charge is 0.492 e. The number of rotatable bonds is 6. The number of ether oxygens (including phenoxy) is 1. The maximum Gasteiger partial charge on any atom is 0.250 e. The number of aromatic nitrogens is 3. The summed E-state index contributed by atoms with van der Waals surface area (Å²) in [6.07, 6.45) is 8.75. The minimum atomic E-state index is -0.0411. The van der Waals surface area contributed by atoms with Gasteiger partial charge in [0.15, 0.2) is 0 Å². The van der Waals surface area contributed by atoms with Crippen LogP contribution in [-0.4, -0.2) is 51.7 Å². The normalized spacial score (nSPS) is 16.2. The van der Waals surface area contributed by atoms with Crippen LogP contribution in [0.1, 0.15) is 36.1 Å². The summed E-state index contributed by atoms with van der Waals surface area (Å²) in [5, 5.41) is 4.32. The van der Waals surface area contributed by atoms with Gasteiger partial charge in [-0.1, -0.05) is 11.6 Å². The molecule has 35 heavy (non-hydrogen) atoms. The van der Waals surface area contributed by atoms with Crippen molar-refractivity contribution in [2.24, 2.45) is 7.05 Å². The van der Waals surface area contributed by atoms with Gasteiger partial charge in [0.25, 0.3) is 5.56 Å². The zero-order valence-electron chi connectivity index (χ0n) is 19.8. The van der Waals surface area contributed by atoms with Crippen molar-refractivity contribution in [3.63, 3.8) is 0 Å². The molecule has 2 aliphatic heterocycles. The highest BCUT2D eigenvalue weighted by atomic mass is 35.5. The Labute approximate surface area is 223 Å². The first-order valence-corrected chi connectivity index (χ1v) is 12.2. The number of fused-ring (bicyclic) bond motifs is 2. The zero-order chi connectivity index (χ0) is 22.8. The Hall–Kier alpha value is -1.90. The van der Waals surface area contributed by atoms with Crippen LogP contribution in [0.3, 0.4) is 0 Å². The van der Waals surface area contributed by atoms with Crippen molar-refractivity contribution < 1.29 is 4.74 Å². The molecule has 0 saturated carbocycles. The fraction of sp³-hybridized carbons (Fsp3) is 0.480. The lowest BCUT2D eigenvalue weighted by Crippen LogP contribution is -2.43. The van der Waals surface area contributed by atoms with Crippen LogP contribution in [0.2, 0.25) is 5.02 Å². The van der Waals surface area contributed by atoms with Gasteiger partial charge in [0.05, 0.1) is 34.6 Å². The molecule has 0 aliphatic carbocycles. The number of hydrogen-bond acceptors (Lipinski definition) is 6. The van der Waals surface area contributed by atoms with E-state index in [0.29, 0.717) is 11.1 Å². The third kappa shape index (κ3) is 6.27. The molecular weight excluding hydrogens is 509 g/mol. The molecule has 0 unspecified atom stereocenters. The standard InChI is InChI=1S/C25H30ClN5O2.2ClH/c1-30-24(32)5-4-22-25(30)20(21(26)15-29-22)8-11-31-9-6-18(7-10-31)27-14-19-13-17-3-2-12-33-23(17)16-28-19;;/h4-5,13,15-16,18,27H,2-3,6-12,14H2,1H3;2*1H. The van der Waals surface area contributed by atoms with Crippen molar-refractivity contribution in [1.82, 2.24) is 24.8 Å². The Morgan fingerprint density at radius 2 is 1.97 bits per heavy atom. The number of hydrogen-bond donors (Lipinski definition) is 1. The van der Waals surface area contributed by atoms with Gasteiger partial charge in [-0.3, -0.25) is 14.8 Å². The first-order chi connectivity index (χ1) is 16.1. The minimum absolute atomic E-state index is 0. The molecule has 1 fully saturated rings. The van der Waals surface area contributed by atoms with Crippen LogP contribution in [0.25, 0.3) is 11.0 Å². The molecule has 5 heterocycles. The van der Waals surface area contributed by atoms with Crippen LogP contribution < -0.4 is 15.6 Å². The summed E-state index contributed by atoms with van der Waals surface area (Å²) in [6.45, 7) is 4.60. The lowest BCUT2D eigenvalue weighted by molar-refractivity contribution is 0.199. The smallest absolute Gasteiger partial charge is 0.250 e. The van der Waals surface area contributed by atoms with Crippen molar-refractivity contribution in [2.45, 2.75) is 44.7 Å². The SMILES string of the molecule is Cl.Cl.Cn1c(=O)ccc2ncc(Cl)c(CCN3CCC(NCc4cc5c(cn4)OCCC5)CC3)c21. The fourth-order valence-corrected chi connectivity index (χ4v) is 5.15. The van der Waals surface area contributed by atoms with Crippen molar-refractivity contribution in [2.75, 3.05) is 26.2 Å². The molecule has 0 radical (unpaired) electrons. The molecule has 3 aromatic rings. The maximum atomic E-state index is 12.1. The van der Waals surface area contributed by atoms with Gasteiger partial charge in [0.1, 0.15) is 5.75 Å². The average Bonchev–Trinajstić information content (AvgIpc) is 2.85. The third-order valence-electron chi connectivity index (χ3n) is 6.87. The van der Waals surface area contributed by atoms with Crippen LogP contribution in [0, 0.1) is 0 Å². The molecule has 0 amide bonds. The molecule has 190 valence electrons. The number of halogens is 3. The molecule has 1 saturated heterocycles. The quantitative estimate of drug-likeness (QED) is 0.511. The van der Waals surface area contributed by atoms with E-state index in [2.05, 4.69) is 26.3 Å². The second-order valence-corrected chi connectivity index (χ2v) is 9.44. The monoisotopic (exact) mass is 539 g/mol. The molecule has 0 atom stereocenters. The second-order valence-electron chi connectivity index (χ2n) is 9.03. The van der Waals surface area contributed by atoms with E-state index in [1.54, 1.807) is 29.9 Å². The highest BCUT2D eigenvalue weighted by Gasteiger charge is 2.20. The van der Waals surface area contributed by atoms with Gasteiger partial charge in [0, 0.05) is 38.4 Å². The number of aryl methyl sites for hydroxylation is 2. The Bertz CT molecular complexity index is 1210. The van der Waals surface area contributed by atoms with E-state index in [0.717, 1.165) is 92.9 Å². The Kier molecular flexibility index (Phi) is 9.78. The van der Waals surface area contributed by atoms with Gasteiger partial charge in [-0.15, -0.1) is 24.8 Å². The number of nitrogens with zero attached hydrogens (tertiary/aromatic N) is 4. The number of pyridine rings is 3. The predicted octanol–water partition coefficient (Wildman–Crippen LogP) is 3.95. The molecule has 1 N–H and O–H groups in total. The molecular formula is C25H32Cl3N5O2. The van der Waals surface area contributed by atoms with Crippen molar-refractivity contribution in [3.05, 3.63) is 62.8 Å². The van der Waals surface area contributed by atoms with Crippen LogP contribution in [0.4, 0.5) is 0 Å². The maximum absolute atomic E-state index is 12.1. The van der Waals surface area contributed by atoms with Crippen LogP contribution in [0.15, 0.2) is 35.4 Å². The summed E-state index contributed by atoms with van der Waals surface area (Å²) in [5.74, 6) is 0.945. The summed E-state index contributed by atoms with van der Waals surface area (Å²) < 4.78 is 7.32. The van der Waals surface area contributed by atoms with Crippen LogP contribution in [-0.2, 0) is 26.4 Å². The minimum Gasteiger partial charge on any atom is -0.492 e. The van der Waals surface area contributed by atoms with Gasteiger partial charge >= 0.3 is 0 Å². The van der Waals surface area contributed by atoms with E-state index < -0.39 is 0 Å². The summed E-state index contributed by atoms with van der Waals surface area (Å²) in [5.41, 5.74) is 4.98. The molecule has 0 bridgehead atoms. The Morgan fingerprint density at radius 3 is 2.77 bits per heavy atom. The third-order valence-corrected chi connectivity index (χ3v) is 7.20. The number of piperidine rings is 1. The van der Waals surface area contributed by atoms with E-state index in [9.17, 15) is 4.79 Å². The molecule has 10 heteroatoms. The topological polar surface area (TPSA) is 72.3 Å². The highest BCUT2D eigenvalue weighted by Crippen LogP contribution is 2.25. The molecule has 0 spiro atoms. The molecule has 3 aromatic heterocycles. The highest BCUT2D eigenvalue weighted by molar-refractivity contribution is 6.32. The van der Waals surface area contributed by atoms with Gasteiger partial charge < -0.3 is 19.5 Å². The van der Waals surface area contributed by atoms with E-state index >= 15 is 0 Å². The van der Waals surface area contributed by atoms with Gasteiger partial charge in [-0.05, 0) is 68.5 Å². The van der Waals surface area contributed by atoms with Gasteiger partial charge in [-0.25, -0.2) is 0 Å². The van der Waals surface area contributed by atoms with E-state index in [4.69, 9.17) is 16.3 Å². The average molecular weight is 541 g/mol. The lowest BCUT2D eigenvalue weighted by atomic mass is 10.0. The Balaban J connectivity index is 0.00000171. The summed E-state index contributed by atoms with van der Waals surface area (Å²) in [7, 11) is 1.79. The van der Waals surface area contributed by atoms with E-state index in [1.165, 1.54) is 5.56 Å². The summed E-state index contributed by atoms with van der Waals surface area (Å²) in [6, 6.07) is 6.02. The summed E-state index contributed by atoms with van der Waals surface area (Å²) in [4.78, 5) is 23.6. The van der Waals surface area contributed by atoms with Crippen LogP contribution >= 0.6 is 36.4 Å². The van der Waals surface area contributed by atoms with Crippen molar-refractivity contribution in [3.8, 4) is 5.75 Å². The summed E-state index contributed by atoms with van der Waals surface area (Å²) >= 11 is 6.49. The first-order valence-electron chi connectivity index (χ1n) is 11.8. The fourth-order valence-electron chi connectivity index (χ4n) is 4.92. The van der Waals surface area contributed by atoms with E-state index in [-0.39, 0.29) is 30.4 Å². The van der Waals surface area contributed by atoms with Gasteiger partial charge in [-0.2, -0.15) is 0 Å². The van der Waals surface area contributed by atoms with E-state index in [1.807, 2.05) is 6.20 Å². The number of likely N-dealkylation sites (tertiary alicyclic amines) is 1. The molecule has 2 aliphatic rings. The molecule has 7 nitrogen and oxygen atoms in total.